The number of aliphatic carboxylic acids is 3. The molecule has 32 nitrogen and oxygen atoms in total. The maximum absolute atomic E-state index is 14.0. The fraction of sp³-hybridized carbons (Fsp3) is 0.600. The zero-order valence-electron chi connectivity index (χ0n) is 46.2. The lowest BCUT2D eigenvalue weighted by molar-refractivity contribution is -0.143. The zero-order chi connectivity index (χ0) is 62.7. The van der Waals surface area contributed by atoms with Crippen molar-refractivity contribution in [1.29, 1.82) is 0 Å². The number of phenols is 1. The number of nitrogens with one attached hydrogen (secondary N) is 8. The Labute approximate surface area is 482 Å². The van der Waals surface area contributed by atoms with Gasteiger partial charge in [0.25, 0.3) is 0 Å². The summed E-state index contributed by atoms with van der Waals surface area (Å²) in [6.07, 6.45) is -4.79. The molecule has 0 bridgehead atoms. The van der Waals surface area contributed by atoms with Crippen molar-refractivity contribution < 1.29 is 87.9 Å². The number of primary amides is 1. The van der Waals surface area contributed by atoms with Gasteiger partial charge in [0.2, 0.25) is 59.1 Å². The average Bonchev–Trinajstić information content (AvgIpc) is 3.98. The number of carboxylic acids is 3. The molecule has 21 N–H and O–H groups in total. The minimum atomic E-state index is -1.91. The van der Waals surface area contributed by atoms with E-state index in [1.54, 1.807) is 0 Å². The summed E-state index contributed by atoms with van der Waals surface area (Å²) < 4.78 is 0. The van der Waals surface area contributed by atoms with Gasteiger partial charge in [-0.3, -0.25) is 62.5 Å². The van der Waals surface area contributed by atoms with Gasteiger partial charge < -0.3 is 95.9 Å². The van der Waals surface area contributed by atoms with Crippen LogP contribution in [0.15, 0.2) is 29.3 Å². The number of aliphatic hydroxyl groups is 1. The summed E-state index contributed by atoms with van der Waals surface area (Å²) in [7, 11) is 0. The van der Waals surface area contributed by atoms with Crippen molar-refractivity contribution in [3.63, 3.8) is 0 Å². The zero-order valence-corrected chi connectivity index (χ0v) is 47.1. The monoisotopic (exact) mass is 1190 g/mol. The van der Waals surface area contributed by atoms with E-state index in [0.29, 0.717) is 5.56 Å². The molecule has 0 aliphatic carbocycles. The number of aliphatic imine (C=N–C) groups is 1. The minimum absolute atomic E-state index is 0.00592. The number of carbonyl (C=O) groups is 13. The number of thiol groups is 1. The van der Waals surface area contributed by atoms with Crippen molar-refractivity contribution in [3.05, 3.63) is 29.8 Å². The topological polar surface area (TPSA) is 539 Å². The summed E-state index contributed by atoms with van der Waals surface area (Å²) in [5.41, 5.74) is 22.5. The van der Waals surface area contributed by atoms with Gasteiger partial charge in [0.1, 0.15) is 54.1 Å². The molecular weight excluding hydrogens is 1120 g/mol. The molecular formula is C50H78N14O18S. The van der Waals surface area contributed by atoms with Gasteiger partial charge in [-0.1, -0.05) is 26.0 Å². The Hall–Kier alpha value is -8.33. The van der Waals surface area contributed by atoms with Crippen LogP contribution in [0.1, 0.15) is 97.0 Å². The van der Waals surface area contributed by atoms with Crippen LogP contribution in [0.25, 0.3) is 0 Å². The molecule has 10 atom stereocenters. The minimum Gasteiger partial charge on any atom is -0.508 e. The van der Waals surface area contributed by atoms with E-state index in [1.807, 2.05) is 13.8 Å². The lowest BCUT2D eigenvalue weighted by atomic mass is 10.0. The molecule has 0 saturated carbocycles. The van der Waals surface area contributed by atoms with Crippen LogP contribution in [0.2, 0.25) is 0 Å². The predicted octanol–water partition coefficient (Wildman–Crippen LogP) is -5.75. The third-order valence-corrected chi connectivity index (χ3v) is 13.0. The molecule has 1 aliphatic heterocycles. The lowest BCUT2D eigenvalue weighted by Crippen LogP contribution is -2.60. The second kappa shape index (κ2) is 35.5. The van der Waals surface area contributed by atoms with Crippen molar-refractivity contribution >= 4 is 95.6 Å². The van der Waals surface area contributed by atoms with Crippen LogP contribution in [-0.4, -0.2) is 199 Å². The van der Waals surface area contributed by atoms with Crippen LogP contribution in [0, 0.1) is 5.92 Å². The molecule has 1 fully saturated rings. The summed E-state index contributed by atoms with van der Waals surface area (Å²) in [6, 6.07) is -8.25. The maximum Gasteiger partial charge on any atom is 0.327 e. The van der Waals surface area contributed by atoms with Crippen LogP contribution in [-0.2, 0) is 68.7 Å². The van der Waals surface area contributed by atoms with Gasteiger partial charge >= 0.3 is 17.9 Å². The number of aliphatic hydroxyl groups excluding tert-OH is 1. The van der Waals surface area contributed by atoms with E-state index in [4.69, 9.17) is 22.9 Å². The van der Waals surface area contributed by atoms with Crippen LogP contribution in [0.4, 0.5) is 0 Å². The molecule has 1 aromatic carbocycles. The van der Waals surface area contributed by atoms with Gasteiger partial charge in [-0.2, -0.15) is 12.6 Å². The second-order valence-electron chi connectivity index (χ2n) is 20.0. The summed E-state index contributed by atoms with van der Waals surface area (Å²) in [5.74, 6) is -14.9. The number of hydrogen-bond donors (Lipinski definition) is 18. The van der Waals surface area contributed by atoms with Crippen molar-refractivity contribution in [1.82, 2.24) is 47.4 Å². The number of guanidine groups is 1. The number of carbonyl (C=O) groups excluding carboxylic acids is 10. The summed E-state index contributed by atoms with van der Waals surface area (Å²) in [5, 5.41) is 67.8. The summed E-state index contributed by atoms with van der Waals surface area (Å²) in [4.78, 5) is 175. The first kappa shape index (κ1) is 70.8. The van der Waals surface area contributed by atoms with E-state index in [1.165, 1.54) is 24.3 Å². The highest BCUT2D eigenvalue weighted by molar-refractivity contribution is 7.80. The standard InChI is InChI=1S/C50H78N14O18S/c1-24(2)20-28(51)41(73)60-32(12-15-36(52)67)48(80)64-19-5-7-35(64)46(78)59-31(14-17-39(71)72)44(76)63-40(25(3)65)47(79)56-22-37(68)57-30(13-16-38(69)70)43(75)61-33(21-26-8-10-27(66)11-9-26)45(77)58-29(6-4-18-55-50(53)54)42(74)62-34(23-83)49(81)82/h8-11,24-25,28-35,40,65-66,83H,4-7,12-23,51H2,1-3H3,(H2,52,67)(H,56,79)(H,57,68)(H,58,77)(H,59,78)(H,60,73)(H,61,75)(H,62,74)(H,63,76)(H,69,70)(H,71,72)(H,81,82)(H4,53,54,55)/t25-,28+,29+,30+,31+,32+,33+,34+,35+,40+/m1/s1. The number of benzene rings is 1. The van der Waals surface area contributed by atoms with Crippen LogP contribution < -0.4 is 65.5 Å². The first-order valence-electron chi connectivity index (χ1n) is 26.5. The smallest absolute Gasteiger partial charge is 0.327 e. The Morgan fingerprint density at radius 3 is 1.71 bits per heavy atom. The molecule has 10 amide bonds. The third-order valence-electron chi connectivity index (χ3n) is 12.6. The Morgan fingerprint density at radius 2 is 1.18 bits per heavy atom. The van der Waals surface area contributed by atoms with E-state index < -0.39 is 170 Å². The van der Waals surface area contributed by atoms with Crippen molar-refractivity contribution in [2.24, 2.45) is 33.8 Å². The number of hydrogen-bond acceptors (Lipinski definition) is 18. The van der Waals surface area contributed by atoms with Gasteiger partial charge in [0.05, 0.1) is 18.7 Å². The third kappa shape index (κ3) is 26.0. The molecule has 462 valence electrons. The van der Waals surface area contributed by atoms with Crippen molar-refractivity contribution in [2.75, 3.05) is 25.4 Å². The normalized spacial score (nSPS) is 16.1. The Morgan fingerprint density at radius 1 is 0.663 bits per heavy atom. The van der Waals surface area contributed by atoms with Gasteiger partial charge in [0.15, 0.2) is 5.96 Å². The van der Waals surface area contributed by atoms with Crippen molar-refractivity contribution in [2.45, 2.75) is 158 Å². The molecule has 33 heteroatoms. The van der Waals surface area contributed by atoms with Gasteiger partial charge in [-0.25, -0.2) is 4.79 Å². The molecule has 83 heavy (non-hydrogen) atoms. The predicted molar refractivity (Wildman–Crippen MR) is 296 cm³/mol. The molecule has 1 aliphatic rings. The van der Waals surface area contributed by atoms with E-state index in [-0.39, 0.29) is 87.8 Å². The van der Waals surface area contributed by atoms with E-state index in [9.17, 15) is 87.9 Å². The summed E-state index contributed by atoms with van der Waals surface area (Å²) >= 11 is 3.95. The first-order valence-corrected chi connectivity index (χ1v) is 27.1. The SMILES string of the molecule is CC(C)C[C@H](N)C(=O)N[C@@H](CCC(N)=O)C(=O)N1CCC[C@H]1C(=O)N[C@@H](CCC(=O)O)C(=O)N[C@H](C(=O)NCC(=O)N[C@@H](CCC(=O)O)C(=O)N[C@@H](Cc1ccc(O)cc1)C(=O)N[C@@H](CCCN=C(N)N)C(=O)N[C@@H](CS)C(=O)O)[C@@H](C)O. The average molecular weight is 1200 g/mol. The number of nitrogens with zero attached hydrogens (tertiary/aromatic N) is 2. The van der Waals surface area contributed by atoms with Crippen LogP contribution in [0.5, 0.6) is 5.75 Å². The Kier molecular flexibility index (Phi) is 30.3. The summed E-state index contributed by atoms with van der Waals surface area (Å²) in [6.45, 7) is 3.69. The van der Waals surface area contributed by atoms with E-state index >= 15 is 0 Å². The second-order valence-corrected chi connectivity index (χ2v) is 20.4. The number of carboxylic acid groups (broad SMARTS) is 3. The number of phenolic OH excluding ortho intramolecular Hbond substituents is 1. The highest BCUT2D eigenvalue weighted by Crippen LogP contribution is 2.21. The first-order chi connectivity index (χ1) is 38.9. The van der Waals surface area contributed by atoms with Crippen LogP contribution in [0.3, 0.4) is 0 Å². The quantitative estimate of drug-likeness (QED) is 0.0128. The number of nitrogens with two attached hydrogens (primary N) is 4. The Balaban J connectivity index is 2.34. The molecule has 0 radical (unpaired) electrons. The molecule has 0 spiro atoms. The van der Waals surface area contributed by atoms with E-state index in [2.05, 4.69) is 60.2 Å². The van der Waals surface area contributed by atoms with Gasteiger partial charge in [-0.15, -0.1) is 0 Å². The van der Waals surface area contributed by atoms with E-state index in [0.717, 1.165) is 11.8 Å². The van der Waals surface area contributed by atoms with Gasteiger partial charge in [0, 0.05) is 44.5 Å². The fourth-order valence-corrected chi connectivity index (χ4v) is 8.56. The highest BCUT2D eigenvalue weighted by Gasteiger charge is 2.40. The Bertz CT molecular complexity index is 2500. The lowest BCUT2D eigenvalue weighted by Gasteiger charge is -2.30. The van der Waals surface area contributed by atoms with Crippen molar-refractivity contribution in [3.8, 4) is 5.75 Å². The molecule has 0 unspecified atom stereocenters. The largest absolute Gasteiger partial charge is 0.508 e. The highest BCUT2D eigenvalue weighted by atomic mass is 32.1. The number of likely N-dealkylation sites (tertiary alicyclic amines) is 1. The number of aromatic hydroxyl groups is 1. The molecule has 1 saturated heterocycles. The fourth-order valence-electron chi connectivity index (χ4n) is 8.32. The molecule has 0 aromatic heterocycles. The number of amides is 10. The van der Waals surface area contributed by atoms with Crippen LogP contribution >= 0.6 is 12.6 Å². The van der Waals surface area contributed by atoms with Gasteiger partial charge in [-0.05, 0) is 81.9 Å². The molecule has 2 rings (SSSR count). The number of rotatable bonds is 37. The molecule has 1 aromatic rings. The maximum atomic E-state index is 14.0. The molecule has 1 heterocycles.